The van der Waals surface area contributed by atoms with E-state index in [4.69, 9.17) is 0 Å². The monoisotopic (exact) mass is 270 g/mol. The summed E-state index contributed by atoms with van der Waals surface area (Å²) in [5.41, 5.74) is 6.51. The first-order valence-electron chi connectivity index (χ1n) is 7.28. The second kappa shape index (κ2) is 5.02. The standard InChI is InChI=1S/C20H16N/c1-2-8-16(9-3-1)14-15-21-19-12-6-4-10-17(19)18-11-5-7-13-20(18)21/h1-13,15H,14H2/q+1. The van der Waals surface area contributed by atoms with Crippen LogP contribution in [0, 0.1) is 0 Å². The van der Waals surface area contributed by atoms with Crippen molar-refractivity contribution >= 4 is 17.6 Å². The molecule has 0 bridgehead atoms. The van der Waals surface area contributed by atoms with Crippen molar-refractivity contribution in [1.82, 2.24) is 4.58 Å². The minimum absolute atomic E-state index is 0.934. The second-order valence-electron chi connectivity index (χ2n) is 5.28. The lowest BCUT2D eigenvalue weighted by atomic mass is 10.1. The molecule has 21 heavy (non-hydrogen) atoms. The van der Waals surface area contributed by atoms with Crippen LogP contribution >= 0.6 is 0 Å². The smallest absolute Gasteiger partial charge is 0.163 e. The number of fused-ring (bicyclic) bond motifs is 3. The average molecular weight is 270 g/mol. The van der Waals surface area contributed by atoms with Crippen molar-refractivity contribution in [1.29, 1.82) is 0 Å². The zero-order chi connectivity index (χ0) is 14.1. The molecule has 0 N–H and O–H groups in total. The van der Waals surface area contributed by atoms with Crippen LogP contribution in [0.4, 0.5) is 11.4 Å². The molecule has 1 aliphatic heterocycles. The van der Waals surface area contributed by atoms with Gasteiger partial charge in [-0.25, -0.2) is 0 Å². The number of hydrogen-bond donors (Lipinski definition) is 0. The first-order valence-corrected chi connectivity index (χ1v) is 7.28. The predicted molar refractivity (Wildman–Crippen MR) is 89.5 cm³/mol. The number of hydrogen-bond acceptors (Lipinski definition) is 0. The van der Waals surface area contributed by atoms with Crippen LogP contribution in [0.3, 0.4) is 0 Å². The van der Waals surface area contributed by atoms with Gasteiger partial charge in [0, 0.05) is 12.1 Å². The lowest BCUT2D eigenvalue weighted by Gasteiger charge is -1.97. The Morgan fingerprint density at radius 2 is 1.14 bits per heavy atom. The molecule has 3 aromatic rings. The molecule has 0 radical (unpaired) electrons. The molecule has 0 saturated heterocycles. The van der Waals surface area contributed by atoms with Crippen LogP contribution in [0.25, 0.3) is 11.1 Å². The number of rotatable bonds is 2. The zero-order valence-corrected chi connectivity index (χ0v) is 11.7. The minimum atomic E-state index is 0.934. The van der Waals surface area contributed by atoms with Gasteiger partial charge in [-0.3, -0.25) is 0 Å². The molecule has 0 aromatic heterocycles. The summed E-state index contributed by atoms with van der Waals surface area (Å²) in [6, 6.07) is 27.8. The van der Waals surface area contributed by atoms with Gasteiger partial charge in [-0.05, 0) is 17.7 Å². The normalized spacial score (nSPS) is 11.9. The average Bonchev–Trinajstić information content (AvgIpc) is 2.88. The summed E-state index contributed by atoms with van der Waals surface area (Å²) in [4.78, 5) is 0. The van der Waals surface area contributed by atoms with E-state index in [1.165, 1.54) is 28.1 Å². The molecule has 1 heterocycles. The lowest BCUT2D eigenvalue weighted by Crippen LogP contribution is -2.04. The van der Waals surface area contributed by atoms with Gasteiger partial charge >= 0.3 is 0 Å². The molecule has 0 amide bonds. The second-order valence-corrected chi connectivity index (χ2v) is 5.28. The van der Waals surface area contributed by atoms with E-state index in [0.29, 0.717) is 0 Å². The molecule has 100 valence electrons. The molecule has 0 aliphatic carbocycles. The first kappa shape index (κ1) is 12.1. The van der Waals surface area contributed by atoms with Crippen LogP contribution in [-0.2, 0) is 6.42 Å². The van der Waals surface area contributed by atoms with Crippen molar-refractivity contribution in [2.75, 3.05) is 0 Å². The van der Waals surface area contributed by atoms with Crippen LogP contribution in [0.15, 0.2) is 78.9 Å². The van der Waals surface area contributed by atoms with Crippen LogP contribution in [0.1, 0.15) is 5.56 Å². The summed E-state index contributed by atoms with van der Waals surface area (Å²) >= 11 is 0. The summed E-state index contributed by atoms with van der Waals surface area (Å²) in [6.07, 6.45) is 3.21. The fraction of sp³-hybridized carbons (Fsp3) is 0.0500. The van der Waals surface area contributed by atoms with Gasteiger partial charge in [0.25, 0.3) is 0 Å². The molecule has 0 unspecified atom stereocenters. The van der Waals surface area contributed by atoms with Crippen molar-refractivity contribution < 1.29 is 0 Å². The Bertz CT molecular complexity index is 769. The fourth-order valence-electron chi connectivity index (χ4n) is 2.96. The van der Waals surface area contributed by atoms with Crippen LogP contribution < -0.4 is 4.58 Å². The molecule has 1 heteroatoms. The molecule has 3 aromatic carbocycles. The van der Waals surface area contributed by atoms with Crippen LogP contribution in [0.5, 0.6) is 0 Å². The minimum Gasteiger partial charge on any atom is -0.163 e. The van der Waals surface area contributed by atoms with Crippen molar-refractivity contribution in [2.24, 2.45) is 0 Å². The van der Waals surface area contributed by atoms with Crippen molar-refractivity contribution in [3.05, 3.63) is 84.4 Å². The number of nitrogens with zero attached hydrogens (tertiary/aromatic N) is 1. The van der Waals surface area contributed by atoms with Gasteiger partial charge < -0.3 is 0 Å². The lowest BCUT2D eigenvalue weighted by molar-refractivity contribution is 1.11. The van der Waals surface area contributed by atoms with E-state index < -0.39 is 0 Å². The molecule has 1 nitrogen and oxygen atoms in total. The molecular formula is C20H16N+. The Kier molecular flexibility index (Phi) is 2.89. The number of para-hydroxylation sites is 2. The summed E-state index contributed by atoms with van der Waals surface area (Å²) < 4.78 is 2.32. The maximum Gasteiger partial charge on any atom is 0.218 e. The summed E-state index contributed by atoms with van der Waals surface area (Å²) in [6.45, 7) is 0. The molecule has 0 saturated carbocycles. The van der Waals surface area contributed by atoms with Gasteiger partial charge in [0.15, 0.2) is 6.21 Å². The largest absolute Gasteiger partial charge is 0.218 e. The SMILES string of the molecule is C(Cc1ccccc1)=[N+]1c2ccccc2-c2ccccc21. The Hall–Kier alpha value is -2.67. The van der Waals surface area contributed by atoms with E-state index in [9.17, 15) is 0 Å². The Morgan fingerprint density at radius 3 is 1.76 bits per heavy atom. The van der Waals surface area contributed by atoms with Gasteiger partial charge in [-0.2, -0.15) is 4.58 Å². The topological polar surface area (TPSA) is 3.01 Å². The molecule has 1 aliphatic rings. The maximum absolute atomic E-state index is 2.32. The predicted octanol–water partition coefficient (Wildman–Crippen LogP) is 4.82. The first-order chi connectivity index (χ1) is 10.4. The van der Waals surface area contributed by atoms with Gasteiger partial charge in [0.2, 0.25) is 11.4 Å². The van der Waals surface area contributed by atoms with Gasteiger partial charge in [0.05, 0.1) is 17.5 Å². The Morgan fingerprint density at radius 1 is 0.619 bits per heavy atom. The van der Waals surface area contributed by atoms with Crippen molar-refractivity contribution in [3.8, 4) is 11.1 Å². The van der Waals surface area contributed by atoms with Crippen LogP contribution in [0.2, 0.25) is 0 Å². The highest BCUT2D eigenvalue weighted by Crippen LogP contribution is 2.43. The fourth-order valence-corrected chi connectivity index (χ4v) is 2.96. The molecule has 0 atom stereocenters. The van der Waals surface area contributed by atoms with Crippen molar-refractivity contribution in [3.63, 3.8) is 0 Å². The number of benzene rings is 3. The summed E-state index contributed by atoms with van der Waals surface area (Å²) in [5.74, 6) is 0. The van der Waals surface area contributed by atoms with E-state index in [2.05, 4.69) is 89.7 Å². The zero-order valence-electron chi connectivity index (χ0n) is 11.7. The summed E-state index contributed by atoms with van der Waals surface area (Å²) in [7, 11) is 0. The van der Waals surface area contributed by atoms with E-state index in [-0.39, 0.29) is 0 Å². The summed E-state index contributed by atoms with van der Waals surface area (Å²) in [5, 5.41) is 0. The highest BCUT2D eigenvalue weighted by molar-refractivity contribution is 5.95. The quantitative estimate of drug-likeness (QED) is 0.460. The third kappa shape index (κ3) is 2.07. The van der Waals surface area contributed by atoms with Crippen molar-refractivity contribution in [2.45, 2.75) is 6.42 Å². The molecule has 0 spiro atoms. The van der Waals surface area contributed by atoms with Gasteiger partial charge in [-0.15, -0.1) is 0 Å². The van der Waals surface area contributed by atoms with E-state index >= 15 is 0 Å². The Balaban J connectivity index is 1.82. The van der Waals surface area contributed by atoms with Crippen LogP contribution in [-0.4, -0.2) is 6.21 Å². The van der Waals surface area contributed by atoms with E-state index in [0.717, 1.165) is 6.42 Å². The maximum atomic E-state index is 2.32. The van der Waals surface area contributed by atoms with Gasteiger partial charge in [-0.1, -0.05) is 54.6 Å². The highest BCUT2D eigenvalue weighted by atomic mass is 15.0. The highest BCUT2D eigenvalue weighted by Gasteiger charge is 2.30. The Labute approximate surface area is 124 Å². The van der Waals surface area contributed by atoms with Gasteiger partial charge in [0.1, 0.15) is 0 Å². The molecule has 0 fully saturated rings. The molecular weight excluding hydrogens is 254 g/mol. The third-order valence-corrected chi connectivity index (χ3v) is 3.97. The van der Waals surface area contributed by atoms with E-state index in [1.807, 2.05) is 0 Å². The van der Waals surface area contributed by atoms with E-state index in [1.54, 1.807) is 0 Å². The third-order valence-electron chi connectivity index (χ3n) is 3.97. The molecule has 4 rings (SSSR count).